The average molecular weight is 394 g/mol. The Morgan fingerprint density at radius 2 is 1.90 bits per heavy atom. The van der Waals surface area contributed by atoms with Crippen molar-refractivity contribution in [2.75, 3.05) is 13.1 Å². The highest BCUT2D eigenvalue weighted by Crippen LogP contribution is 2.34. The van der Waals surface area contributed by atoms with Gasteiger partial charge in [0.05, 0.1) is 17.2 Å². The van der Waals surface area contributed by atoms with Crippen LogP contribution < -0.4 is 16.2 Å². The number of para-hydroxylation sites is 1. The summed E-state index contributed by atoms with van der Waals surface area (Å²) in [6.45, 7) is 0.609. The molecule has 4 rings (SSSR count). The van der Waals surface area contributed by atoms with E-state index in [9.17, 15) is 14.4 Å². The SMILES string of the molecule is O=C(CCc1nc2ccccc2c(=O)n1C1CC1)NCCNC(=O)c1ccco1. The first kappa shape index (κ1) is 18.9. The van der Waals surface area contributed by atoms with Crippen molar-refractivity contribution in [3.8, 4) is 0 Å². The van der Waals surface area contributed by atoms with E-state index < -0.39 is 0 Å². The van der Waals surface area contributed by atoms with E-state index >= 15 is 0 Å². The normalized spacial score (nSPS) is 13.4. The monoisotopic (exact) mass is 394 g/mol. The van der Waals surface area contributed by atoms with Crippen LogP contribution in [0.3, 0.4) is 0 Å². The molecule has 2 aromatic heterocycles. The standard InChI is InChI=1S/C21H22N4O4/c26-19(22-11-12-23-20(27)17-6-3-13-29-17)10-9-18-24-16-5-2-1-4-15(16)21(28)25(18)14-7-8-14/h1-6,13-14H,7-12H2,(H,22,26)(H,23,27). The zero-order valence-electron chi connectivity index (χ0n) is 15.9. The van der Waals surface area contributed by atoms with E-state index in [1.807, 2.05) is 18.2 Å². The number of amides is 2. The second kappa shape index (κ2) is 8.30. The number of nitrogens with zero attached hydrogens (tertiary/aromatic N) is 2. The number of hydrogen-bond donors (Lipinski definition) is 2. The first-order valence-electron chi connectivity index (χ1n) is 9.72. The number of carbonyl (C=O) groups is 2. The number of carbonyl (C=O) groups excluding carboxylic acids is 2. The van der Waals surface area contributed by atoms with Crippen LogP contribution in [-0.4, -0.2) is 34.5 Å². The molecule has 0 spiro atoms. The lowest BCUT2D eigenvalue weighted by molar-refractivity contribution is -0.121. The molecule has 150 valence electrons. The van der Waals surface area contributed by atoms with Crippen molar-refractivity contribution in [1.82, 2.24) is 20.2 Å². The summed E-state index contributed by atoms with van der Waals surface area (Å²) in [5.41, 5.74) is 0.625. The second-order valence-electron chi connectivity index (χ2n) is 7.03. The van der Waals surface area contributed by atoms with E-state index in [2.05, 4.69) is 15.6 Å². The molecule has 2 N–H and O–H groups in total. The number of aromatic nitrogens is 2. The van der Waals surface area contributed by atoms with E-state index in [1.165, 1.54) is 6.26 Å². The second-order valence-corrected chi connectivity index (χ2v) is 7.03. The van der Waals surface area contributed by atoms with Crippen molar-refractivity contribution >= 4 is 22.7 Å². The Hall–Kier alpha value is -3.42. The highest BCUT2D eigenvalue weighted by Gasteiger charge is 2.28. The first-order valence-corrected chi connectivity index (χ1v) is 9.72. The topological polar surface area (TPSA) is 106 Å². The summed E-state index contributed by atoms with van der Waals surface area (Å²) in [5, 5.41) is 6.05. The maximum absolute atomic E-state index is 12.8. The van der Waals surface area contributed by atoms with Gasteiger partial charge in [0.2, 0.25) is 5.91 Å². The predicted molar refractivity (Wildman–Crippen MR) is 107 cm³/mol. The quantitative estimate of drug-likeness (QED) is 0.567. The fourth-order valence-corrected chi connectivity index (χ4v) is 3.26. The van der Waals surface area contributed by atoms with Crippen LogP contribution in [0.25, 0.3) is 10.9 Å². The molecule has 2 amide bonds. The summed E-state index contributed by atoms with van der Waals surface area (Å²) in [5.74, 6) is 0.411. The molecular formula is C21H22N4O4. The van der Waals surface area contributed by atoms with Gasteiger partial charge in [0.1, 0.15) is 5.82 Å². The van der Waals surface area contributed by atoms with E-state index in [4.69, 9.17) is 4.42 Å². The Kier molecular flexibility index (Phi) is 5.41. The van der Waals surface area contributed by atoms with Gasteiger partial charge in [0.25, 0.3) is 11.5 Å². The van der Waals surface area contributed by atoms with Gasteiger partial charge < -0.3 is 15.1 Å². The molecule has 1 saturated carbocycles. The molecule has 0 saturated heterocycles. The van der Waals surface area contributed by atoms with Crippen LogP contribution in [0.1, 0.15) is 41.7 Å². The number of hydrogen-bond acceptors (Lipinski definition) is 5. The van der Waals surface area contributed by atoms with Crippen molar-refractivity contribution in [3.05, 3.63) is 64.6 Å². The molecule has 0 radical (unpaired) electrons. The van der Waals surface area contributed by atoms with E-state index in [1.54, 1.807) is 22.8 Å². The minimum absolute atomic E-state index is 0.0332. The summed E-state index contributed by atoms with van der Waals surface area (Å²) in [6, 6.07) is 10.7. The van der Waals surface area contributed by atoms with Gasteiger partial charge in [-0.25, -0.2) is 4.98 Å². The Morgan fingerprint density at radius 1 is 1.10 bits per heavy atom. The number of furan rings is 1. The molecule has 8 nitrogen and oxygen atoms in total. The molecule has 1 fully saturated rings. The minimum atomic E-state index is -0.321. The van der Waals surface area contributed by atoms with Crippen LogP contribution in [-0.2, 0) is 11.2 Å². The van der Waals surface area contributed by atoms with Crippen LogP contribution >= 0.6 is 0 Å². The van der Waals surface area contributed by atoms with Gasteiger partial charge in [-0.05, 0) is 37.1 Å². The van der Waals surface area contributed by atoms with Crippen LogP contribution in [0.5, 0.6) is 0 Å². The molecule has 8 heteroatoms. The molecule has 1 aliphatic rings. The summed E-state index contributed by atoms with van der Waals surface area (Å²) in [6.07, 6.45) is 3.98. The third-order valence-corrected chi connectivity index (χ3v) is 4.85. The number of aryl methyl sites for hydroxylation is 1. The van der Waals surface area contributed by atoms with Crippen LogP contribution in [0, 0.1) is 0 Å². The Balaban J connectivity index is 1.32. The van der Waals surface area contributed by atoms with Gasteiger partial charge in [0, 0.05) is 32.0 Å². The molecular weight excluding hydrogens is 372 g/mol. The maximum atomic E-state index is 12.8. The highest BCUT2D eigenvalue weighted by atomic mass is 16.3. The average Bonchev–Trinajstić information content (AvgIpc) is 3.41. The van der Waals surface area contributed by atoms with Gasteiger partial charge in [-0.15, -0.1) is 0 Å². The lowest BCUT2D eigenvalue weighted by atomic mass is 10.2. The molecule has 3 aromatic rings. The minimum Gasteiger partial charge on any atom is -0.459 e. The van der Waals surface area contributed by atoms with Crippen molar-refractivity contribution in [1.29, 1.82) is 0 Å². The molecule has 0 bridgehead atoms. The van der Waals surface area contributed by atoms with Crippen molar-refractivity contribution in [2.24, 2.45) is 0 Å². The largest absolute Gasteiger partial charge is 0.459 e. The van der Waals surface area contributed by atoms with Gasteiger partial charge in [0.15, 0.2) is 5.76 Å². The first-order chi connectivity index (χ1) is 14.1. The fourth-order valence-electron chi connectivity index (χ4n) is 3.26. The number of rotatable bonds is 8. The van der Waals surface area contributed by atoms with Crippen LogP contribution in [0.2, 0.25) is 0 Å². The molecule has 29 heavy (non-hydrogen) atoms. The molecule has 0 unspecified atom stereocenters. The lowest BCUT2D eigenvalue weighted by Crippen LogP contribution is -2.35. The van der Waals surface area contributed by atoms with Gasteiger partial charge in [-0.3, -0.25) is 19.0 Å². The fraction of sp³-hybridized carbons (Fsp3) is 0.333. The Morgan fingerprint density at radius 3 is 2.66 bits per heavy atom. The molecule has 2 heterocycles. The molecule has 0 atom stereocenters. The molecule has 1 aliphatic carbocycles. The lowest BCUT2D eigenvalue weighted by Gasteiger charge is -2.13. The number of fused-ring (bicyclic) bond motifs is 1. The van der Waals surface area contributed by atoms with E-state index in [0.717, 1.165) is 12.8 Å². The maximum Gasteiger partial charge on any atom is 0.287 e. The van der Waals surface area contributed by atoms with Crippen LogP contribution in [0.15, 0.2) is 51.9 Å². The summed E-state index contributed by atoms with van der Waals surface area (Å²) >= 11 is 0. The van der Waals surface area contributed by atoms with Gasteiger partial charge in [-0.2, -0.15) is 0 Å². The zero-order chi connectivity index (χ0) is 20.2. The predicted octanol–water partition coefficient (Wildman–Crippen LogP) is 1.80. The summed E-state index contributed by atoms with van der Waals surface area (Å²) < 4.78 is 6.75. The van der Waals surface area contributed by atoms with Gasteiger partial charge >= 0.3 is 0 Å². The Bertz CT molecular complexity index is 1080. The van der Waals surface area contributed by atoms with E-state index in [-0.39, 0.29) is 35.6 Å². The Labute approximate surface area is 166 Å². The highest BCUT2D eigenvalue weighted by molar-refractivity contribution is 5.91. The van der Waals surface area contributed by atoms with Gasteiger partial charge in [-0.1, -0.05) is 12.1 Å². The zero-order valence-corrected chi connectivity index (χ0v) is 15.9. The van der Waals surface area contributed by atoms with Crippen molar-refractivity contribution in [3.63, 3.8) is 0 Å². The smallest absolute Gasteiger partial charge is 0.287 e. The van der Waals surface area contributed by atoms with Crippen LogP contribution in [0.4, 0.5) is 0 Å². The summed E-state index contributed by atoms with van der Waals surface area (Å²) in [7, 11) is 0. The van der Waals surface area contributed by atoms with Crippen molar-refractivity contribution < 1.29 is 14.0 Å². The van der Waals surface area contributed by atoms with Crippen molar-refractivity contribution in [2.45, 2.75) is 31.7 Å². The third kappa shape index (κ3) is 4.37. The molecule has 1 aromatic carbocycles. The number of nitrogens with one attached hydrogen (secondary N) is 2. The number of benzene rings is 1. The van der Waals surface area contributed by atoms with E-state index in [0.29, 0.717) is 36.2 Å². The third-order valence-electron chi connectivity index (χ3n) is 4.85. The summed E-state index contributed by atoms with van der Waals surface area (Å²) in [4.78, 5) is 41.4. The molecule has 0 aliphatic heterocycles.